The molecule has 1 amide bonds. The number of benzene rings is 3. The van der Waals surface area contributed by atoms with Crippen LogP contribution in [-0.4, -0.2) is 22.6 Å². The van der Waals surface area contributed by atoms with Crippen molar-refractivity contribution < 1.29 is 9.53 Å². The number of ether oxygens (including phenoxy) is 1. The first-order chi connectivity index (χ1) is 20.0. The number of hydrogen-bond donors (Lipinski definition) is 1. The van der Waals surface area contributed by atoms with Crippen molar-refractivity contribution in [3.8, 4) is 0 Å². The Kier molecular flexibility index (Phi) is 11.5. The second-order valence-corrected chi connectivity index (χ2v) is 11.1. The van der Waals surface area contributed by atoms with Gasteiger partial charge in [-0.25, -0.2) is 4.98 Å². The van der Waals surface area contributed by atoms with Crippen molar-refractivity contribution in [2.45, 2.75) is 63.1 Å². The number of amides is 1. The van der Waals surface area contributed by atoms with Crippen molar-refractivity contribution in [2.24, 2.45) is 7.05 Å². The summed E-state index contributed by atoms with van der Waals surface area (Å²) in [6, 6.07) is 24.3. The molecule has 0 saturated heterocycles. The zero-order chi connectivity index (χ0) is 29.2. The maximum Gasteiger partial charge on any atom is 0.230 e. The van der Waals surface area contributed by atoms with Crippen LogP contribution in [0.25, 0.3) is 0 Å². The molecular weight excluding hydrogens is 552 g/mol. The number of aryl methyl sites for hydroxylation is 2. The first kappa shape index (κ1) is 30.8. The molecule has 1 aliphatic rings. The molecule has 1 aromatic heterocycles. The van der Waals surface area contributed by atoms with E-state index in [1.165, 1.54) is 11.1 Å². The Balaban J connectivity index is 0.00000189. The largest absolute Gasteiger partial charge is 0.376 e. The number of carbonyl (C=O) groups excluding carboxylic acids is 1. The minimum Gasteiger partial charge on any atom is -0.376 e. The van der Waals surface area contributed by atoms with Crippen molar-refractivity contribution in [3.63, 3.8) is 0 Å². The topological polar surface area (TPSA) is 59.4 Å². The second-order valence-electron chi connectivity index (χ2n) is 9.78. The molecule has 0 fully saturated rings. The van der Waals surface area contributed by atoms with E-state index in [1.54, 1.807) is 25.3 Å². The highest BCUT2D eigenvalue weighted by atomic mass is 35.5. The van der Waals surface area contributed by atoms with E-state index in [4.69, 9.17) is 16.3 Å². The van der Waals surface area contributed by atoms with Gasteiger partial charge in [0, 0.05) is 48.2 Å². The van der Waals surface area contributed by atoms with Crippen LogP contribution < -0.4 is 9.62 Å². The summed E-state index contributed by atoms with van der Waals surface area (Å²) in [7, 11) is 3.60. The first-order valence-electron chi connectivity index (χ1n) is 14.2. The average molecular weight is 591 g/mol. The lowest BCUT2D eigenvalue weighted by Gasteiger charge is -2.30. The quantitative estimate of drug-likeness (QED) is 0.189. The maximum atomic E-state index is 13.9. The van der Waals surface area contributed by atoms with E-state index in [0.29, 0.717) is 6.54 Å². The Labute approximate surface area is 253 Å². The van der Waals surface area contributed by atoms with Crippen LogP contribution in [0.4, 0.5) is 5.69 Å². The van der Waals surface area contributed by atoms with E-state index in [1.807, 2.05) is 85.1 Å². The third-order valence-corrected chi connectivity index (χ3v) is 8.34. The third-order valence-electron chi connectivity index (χ3n) is 7.21. The van der Waals surface area contributed by atoms with Gasteiger partial charge in [0.2, 0.25) is 5.91 Å². The van der Waals surface area contributed by atoms with Crippen molar-refractivity contribution in [3.05, 3.63) is 113 Å². The van der Waals surface area contributed by atoms with E-state index >= 15 is 0 Å². The molecule has 0 bridgehead atoms. The molecule has 0 spiro atoms. The van der Waals surface area contributed by atoms with Crippen LogP contribution in [0.2, 0.25) is 5.02 Å². The molecule has 1 aliphatic carbocycles. The van der Waals surface area contributed by atoms with Gasteiger partial charge in [-0.3, -0.25) is 9.52 Å². The van der Waals surface area contributed by atoms with Crippen LogP contribution in [-0.2, 0) is 29.5 Å². The fraction of sp³-hybridized carbons (Fsp3) is 0.333. The zero-order valence-electron chi connectivity index (χ0n) is 24.2. The number of nitrogens with one attached hydrogen (secondary N) is 1. The smallest absolute Gasteiger partial charge is 0.230 e. The number of rotatable bonds is 10. The number of anilines is 1. The first-order valence-corrected chi connectivity index (χ1v) is 15.4. The number of methoxy groups -OCH3 is 1. The van der Waals surface area contributed by atoms with Crippen LogP contribution >= 0.6 is 23.5 Å². The molecule has 216 valence electrons. The monoisotopic (exact) mass is 590 g/mol. The van der Waals surface area contributed by atoms with Gasteiger partial charge in [-0.1, -0.05) is 67.9 Å². The Hall–Kier alpha value is -3.10. The molecule has 0 aliphatic heterocycles. The molecule has 4 aromatic rings. The highest BCUT2D eigenvalue weighted by Crippen LogP contribution is 2.36. The lowest BCUT2D eigenvalue weighted by Crippen LogP contribution is -2.33. The molecule has 1 heterocycles. The molecule has 1 N–H and O–H groups in total. The van der Waals surface area contributed by atoms with Gasteiger partial charge in [-0.05, 0) is 78.2 Å². The standard InChI is InChI=1S/C31H33ClN4O2S.C2H6/c1-35-17-16-33-30(35)21-36(31(37)20-29(38-2)23-8-4-3-5-9-23)25-15-14-22-10-6-13-28(27(22)19-25)34-39-26-12-7-11-24(32)18-26;1-2/h3-5,7-9,11-12,14-19,28-29,34H,6,10,13,20-21H2,1-2H3;1-2H3. The summed E-state index contributed by atoms with van der Waals surface area (Å²) in [5, 5.41) is 0.724. The fourth-order valence-electron chi connectivity index (χ4n) is 5.03. The van der Waals surface area contributed by atoms with Crippen molar-refractivity contribution in [1.29, 1.82) is 0 Å². The molecule has 6 nitrogen and oxygen atoms in total. The summed E-state index contributed by atoms with van der Waals surface area (Å²) in [6.45, 7) is 4.38. The Morgan fingerprint density at radius 3 is 2.66 bits per heavy atom. The lowest BCUT2D eigenvalue weighted by atomic mass is 9.87. The van der Waals surface area contributed by atoms with Crippen molar-refractivity contribution >= 4 is 35.1 Å². The van der Waals surface area contributed by atoms with Gasteiger partial charge in [0.05, 0.1) is 19.1 Å². The van der Waals surface area contributed by atoms with Gasteiger partial charge in [0.25, 0.3) is 0 Å². The van der Waals surface area contributed by atoms with Crippen LogP contribution in [0.1, 0.15) is 67.8 Å². The van der Waals surface area contributed by atoms with E-state index in [-0.39, 0.29) is 24.5 Å². The number of hydrogen-bond acceptors (Lipinski definition) is 5. The van der Waals surface area contributed by atoms with Crippen LogP contribution in [0.3, 0.4) is 0 Å². The Bertz CT molecular complexity index is 1410. The lowest BCUT2D eigenvalue weighted by molar-refractivity contribution is -0.121. The minimum absolute atomic E-state index is 0.0118. The third kappa shape index (κ3) is 8.01. The summed E-state index contributed by atoms with van der Waals surface area (Å²) in [4.78, 5) is 21.3. The predicted molar refractivity (Wildman–Crippen MR) is 169 cm³/mol. The molecule has 2 unspecified atom stereocenters. The fourth-order valence-corrected chi connectivity index (χ4v) is 6.14. The van der Waals surface area contributed by atoms with E-state index < -0.39 is 0 Å². The van der Waals surface area contributed by atoms with Crippen molar-refractivity contribution in [1.82, 2.24) is 14.3 Å². The normalized spacial score (nSPS) is 14.9. The van der Waals surface area contributed by atoms with Gasteiger partial charge in [-0.2, -0.15) is 0 Å². The highest BCUT2D eigenvalue weighted by Gasteiger charge is 2.26. The molecule has 5 rings (SSSR count). The average Bonchev–Trinajstić information content (AvgIpc) is 3.42. The van der Waals surface area contributed by atoms with Gasteiger partial charge in [-0.15, -0.1) is 0 Å². The summed E-state index contributed by atoms with van der Waals surface area (Å²) in [6.07, 6.45) is 6.74. The summed E-state index contributed by atoms with van der Waals surface area (Å²) >= 11 is 7.79. The Morgan fingerprint density at radius 2 is 1.95 bits per heavy atom. The zero-order valence-corrected chi connectivity index (χ0v) is 25.8. The van der Waals surface area contributed by atoms with E-state index in [2.05, 4.69) is 34.0 Å². The highest BCUT2D eigenvalue weighted by molar-refractivity contribution is 7.97. The molecule has 3 aromatic carbocycles. The number of aromatic nitrogens is 2. The van der Waals surface area contributed by atoms with Crippen LogP contribution in [0, 0.1) is 0 Å². The number of fused-ring (bicyclic) bond motifs is 1. The molecule has 8 heteroatoms. The summed E-state index contributed by atoms with van der Waals surface area (Å²) in [5.74, 6) is 0.809. The predicted octanol–water partition coefficient (Wildman–Crippen LogP) is 8.09. The van der Waals surface area contributed by atoms with E-state index in [9.17, 15) is 4.79 Å². The minimum atomic E-state index is -0.330. The molecule has 0 radical (unpaired) electrons. The number of imidazole rings is 1. The summed E-state index contributed by atoms with van der Waals surface area (Å²) in [5.41, 5.74) is 4.40. The van der Waals surface area contributed by atoms with Crippen LogP contribution in [0.15, 0.2) is 90.1 Å². The molecule has 41 heavy (non-hydrogen) atoms. The van der Waals surface area contributed by atoms with Crippen LogP contribution in [0.5, 0.6) is 0 Å². The second kappa shape index (κ2) is 15.2. The molecule has 0 saturated carbocycles. The van der Waals surface area contributed by atoms with Gasteiger partial charge >= 0.3 is 0 Å². The maximum absolute atomic E-state index is 13.9. The number of carbonyl (C=O) groups is 1. The van der Waals surface area contributed by atoms with Crippen molar-refractivity contribution in [2.75, 3.05) is 12.0 Å². The SMILES string of the molecule is CC.COC(CC(=O)N(Cc1nccn1C)c1ccc2c(c1)C(NSc1cccc(Cl)c1)CCC2)c1ccccc1. The van der Waals surface area contributed by atoms with Gasteiger partial charge in [0.15, 0.2) is 0 Å². The summed E-state index contributed by atoms with van der Waals surface area (Å²) < 4.78 is 11.4. The molecular formula is C33H39ClN4O2S. The molecule has 2 atom stereocenters. The Morgan fingerprint density at radius 1 is 1.15 bits per heavy atom. The number of halogens is 1. The van der Waals surface area contributed by atoms with Gasteiger partial charge in [0.1, 0.15) is 5.82 Å². The van der Waals surface area contributed by atoms with E-state index in [0.717, 1.165) is 46.3 Å². The van der Waals surface area contributed by atoms with Gasteiger partial charge < -0.3 is 14.2 Å². The number of nitrogens with zero attached hydrogens (tertiary/aromatic N) is 3.